The predicted molar refractivity (Wildman–Crippen MR) is 57.2 cm³/mol. The van der Waals surface area contributed by atoms with E-state index >= 15 is 0 Å². The first-order chi connectivity index (χ1) is 6.81. The van der Waals surface area contributed by atoms with Gasteiger partial charge in [-0.1, -0.05) is 13.8 Å². The van der Waals surface area contributed by atoms with Crippen molar-refractivity contribution >= 4 is 0 Å². The lowest BCUT2D eigenvalue weighted by Crippen LogP contribution is -2.31. The summed E-state index contributed by atoms with van der Waals surface area (Å²) in [5.74, 6) is 1.08. The van der Waals surface area contributed by atoms with Gasteiger partial charge < -0.3 is 5.32 Å². The van der Waals surface area contributed by atoms with E-state index in [4.69, 9.17) is 0 Å². The van der Waals surface area contributed by atoms with E-state index in [9.17, 15) is 0 Å². The third-order valence-corrected chi connectivity index (χ3v) is 2.41. The Morgan fingerprint density at radius 2 is 2.21 bits per heavy atom. The molecule has 0 spiro atoms. The zero-order valence-electron chi connectivity index (χ0n) is 9.32. The van der Waals surface area contributed by atoms with E-state index < -0.39 is 0 Å². The van der Waals surface area contributed by atoms with Crippen molar-refractivity contribution in [3.8, 4) is 0 Å². The molecule has 0 radical (unpaired) electrons. The number of rotatable bonds is 6. The summed E-state index contributed by atoms with van der Waals surface area (Å²) in [4.78, 5) is 4.27. The van der Waals surface area contributed by atoms with Crippen molar-refractivity contribution in [3.05, 3.63) is 12.2 Å². The summed E-state index contributed by atoms with van der Waals surface area (Å²) in [6, 6.07) is 0.523. The van der Waals surface area contributed by atoms with Gasteiger partial charge in [-0.25, -0.2) is 4.98 Å². The van der Waals surface area contributed by atoms with E-state index in [1.165, 1.54) is 0 Å². The second kappa shape index (κ2) is 5.75. The number of hydrogen-bond donors (Lipinski definition) is 1. The van der Waals surface area contributed by atoms with Gasteiger partial charge in [-0.3, -0.25) is 4.68 Å². The lowest BCUT2D eigenvalue weighted by atomic mass is 10.1. The van der Waals surface area contributed by atoms with Gasteiger partial charge in [0.25, 0.3) is 0 Å². The molecule has 1 rings (SSSR count). The van der Waals surface area contributed by atoms with Gasteiger partial charge in [-0.05, 0) is 19.9 Å². The smallest absolute Gasteiger partial charge is 0.138 e. The Bertz CT molecular complexity index is 256. The van der Waals surface area contributed by atoms with Crippen molar-refractivity contribution < 1.29 is 0 Å². The van der Waals surface area contributed by atoms with E-state index in [0.29, 0.717) is 6.04 Å². The van der Waals surface area contributed by atoms with Gasteiger partial charge in [0.15, 0.2) is 0 Å². The Hall–Kier alpha value is -0.900. The molecule has 0 fully saturated rings. The minimum absolute atomic E-state index is 0.523. The predicted octanol–water partition coefficient (Wildman–Crippen LogP) is 1.23. The van der Waals surface area contributed by atoms with E-state index in [2.05, 4.69) is 36.2 Å². The topological polar surface area (TPSA) is 42.7 Å². The third-order valence-electron chi connectivity index (χ3n) is 2.41. The van der Waals surface area contributed by atoms with E-state index in [0.717, 1.165) is 31.8 Å². The molecule has 1 aromatic rings. The average Bonchev–Trinajstić information content (AvgIpc) is 2.64. The van der Waals surface area contributed by atoms with Crippen LogP contribution in [0.5, 0.6) is 0 Å². The standard InChI is InChI=1S/C10H20N4/c1-4-9(11-5-2)7-10-12-8-13-14(10)6-3/h8-9,11H,4-7H2,1-3H3. The molecule has 1 heterocycles. The fraction of sp³-hybridized carbons (Fsp3) is 0.800. The Labute approximate surface area is 85.7 Å². The van der Waals surface area contributed by atoms with Gasteiger partial charge in [0.2, 0.25) is 0 Å². The molecule has 4 nitrogen and oxygen atoms in total. The molecular formula is C10H20N4. The number of likely N-dealkylation sites (N-methyl/N-ethyl adjacent to an activating group) is 1. The summed E-state index contributed by atoms with van der Waals surface area (Å²) in [6.45, 7) is 8.33. The molecule has 0 saturated heterocycles. The van der Waals surface area contributed by atoms with Crippen LogP contribution in [0, 0.1) is 0 Å². The SMILES string of the molecule is CCNC(CC)Cc1ncnn1CC. The van der Waals surface area contributed by atoms with Gasteiger partial charge in [-0.2, -0.15) is 5.10 Å². The van der Waals surface area contributed by atoms with E-state index in [-0.39, 0.29) is 0 Å². The number of nitrogens with zero attached hydrogens (tertiary/aromatic N) is 3. The van der Waals surface area contributed by atoms with Crippen LogP contribution >= 0.6 is 0 Å². The largest absolute Gasteiger partial charge is 0.314 e. The summed E-state index contributed by atoms with van der Waals surface area (Å²) >= 11 is 0. The third kappa shape index (κ3) is 2.80. The lowest BCUT2D eigenvalue weighted by molar-refractivity contribution is 0.481. The Morgan fingerprint density at radius 3 is 2.79 bits per heavy atom. The number of hydrogen-bond acceptors (Lipinski definition) is 3. The molecule has 1 N–H and O–H groups in total. The highest BCUT2D eigenvalue weighted by atomic mass is 15.3. The molecule has 0 saturated carbocycles. The minimum atomic E-state index is 0.523. The molecule has 0 aliphatic rings. The molecule has 14 heavy (non-hydrogen) atoms. The maximum absolute atomic E-state index is 4.27. The average molecular weight is 196 g/mol. The van der Waals surface area contributed by atoms with Gasteiger partial charge in [0, 0.05) is 19.0 Å². The summed E-state index contributed by atoms with van der Waals surface area (Å²) in [5.41, 5.74) is 0. The highest BCUT2D eigenvalue weighted by molar-refractivity contribution is 4.89. The summed E-state index contributed by atoms with van der Waals surface area (Å²) in [5, 5.41) is 7.60. The van der Waals surface area contributed by atoms with E-state index in [1.54, 1.807) is 6.33 Å². The van der Waals surface area contributed by atoms with Gasteiger partial charge in [0.1, 0.15) is 12.2 Å². The van der Waals surface area contributed by atoms with E-state index in [1.807, 2.05) is 4.68 Å². The highest BCUT2D eigenvalue weighted by Gasteiger charge is 2.09. The molecule has 80 valence electrons. The molecule has 1 atom stereocenters. The quantitative estimate of drug-likeness (QED) is 0.744. The van der Waals surface area contributed by atoms with Crippen molar-refractivity contribution in [2.45, 2.75) is 46.2 Å². The van der Waals surface area contributed by atoms with Crippen LogP contribution in [-0.4, -0.2) is 27.4 Å². The second-order valence-electron chi connectivity index (χ2n) is 3.36. The number of nitrogens with one attached hydrogen (secondary N) is 1. The van der Waals surface area contributed by atoms with Crippen molar-refractivity contribution in [1.29, 1.82) is 0 Å². The first-order valence-corrected chi connectivity index (χ1v) is 5.41. The zero-order chi connectivity index (χ0) is 10.4. The second-order valence-corrected chi connectivity index (χ2v) is 3.36. The molecule has 0 bridgehead atoms. The zero-order valence-corrected chi connectivity index (χ0v) is 9.32. The van der Waals surface area contributed by atoms with Gasteiger partial charge in [-0.15, -0.1) is 0 Å². The van der Waals surface area contributed by atoms with Crippen LogP contribution in [0.2, 0.25) is 0 Å². The van der Waals surface area contributed by atoms with Gasteiger partial charge in [0.05, 0.1) is 0 Å². The van der Waals surface area contributed by atoms with Crippen LogP contribution in [0.1, 0.15) is 33.0 Å². The molecule has 0 aliphatic carbocycles. The summed E-state index contributed by atoms with van der Waals surface area (Å²) in [7, 11) is 0. The van der Waals surface area contributed by atoms with Crippen LogP contribution in [-0.2, 0) is 13.0 Å². The Kier molecular flexibility index (Phi) is 4.59. The highest BCUT2D eigenvalue weighted by Crippen LogP contribution is 2.02. The van der Waals surface area contributed by atoms with Crippen molar-refractivity contribution in [3.63, 3.8) is 0 Å². The molecule has 1 unspecified atom stereocenters. The molecule has 0 aromatic carbocycles. The van der Waals surface area contributed by atoms with Crippen molar-refractivity contribution in [1.82, 2.24) is 20.1 Å². The molecular weight excluding hydrogens is 176 g/mol. The van der Waals surface area contributed by atoms with Crippen LogP contribution in [0.25, 0.3) is 0 Å². The fourth-order valence-electron chi connectivity index (χ4n) is 1.58. The first kappa shape index (κ1) is 11.2. The Balaban J connectivity index is 2.56. The normalized spacial score (nSPS) is 13.1. The molecule has 1 aromatic heterocycles. The monoisotopic (exact) mass is 196 g/mol. The molecule has 4 heteroatoms. The van der Waals surface area contributed by atoms with Crippen LogP contribution in [0.3, 0.4) is 0 Å². The Morgan fingerprint density at radius 1 is 1.43 bits per heavy atom. The first-order valence-electron chi connectivity index (χ1n) is 5.41. The summed E-state index contributed by atoms with van der Waals surface area (Å²) in [6.07, 6.45) is 3.74. The lowest BCUT2D eigenvalue weighted by Gasteiger charge is -2.15. The number of aromatic nitrogens is 3. The van der Waals surface area contributed by atoms with Crippen molar-refractivity contribution in [2.24, 2.45) is 0 Å². The molecule has 0 aliphatic heterocycles. The van der Waals surface area contributed by atoms with Crippen LogP contribution in [0.4, 0.5) is 0 Å². The van der Waals surface area contributed by atoms with Gasteiger partial charge >= 0.3 is 0 Å². The number of aryl methyl sites for hydroxylation is 1. The van der Waals surface area contributed by atoms with Crippen molar-refractivity contribution in [2.75, 3.05) is 6.54 Å². The summed E-state index contributed by atoms with van der Waals surface area (Å²) < 4.78 is 1.96. The fourth-order valence-corrected chi connectivity index (χ4v) is 1.58. The minimum Gasteiger partial charge on any atom is -0.314 e. The maximum Gasteiger partial charge on any atom is 0.138 e. The van der Waals surface area contributed by atoms with Crippen LogP contribution < -0.4 is 5.32 Å². The molecule has 0 amide bonds. The van der Waals surface area contributed by atoms with Crippen LogP contribution in [0.15, 0.2) is 6.33 Å². The maximum atomic E-state index is 4.27.